The molecule has 2 rings (SSSR count). The first-order valence-corrected chi connectivity index (χ1v) is 9.49. The van der Waals surface area contributed by atoms with Gasteiger partial charge < -0.3 is 24.8 Å². The molecule has 1 saturated heterocycles. The van der Waals surface area contributed by atoms with Crippen molar-refractivity contribution in [3.63, 3.8) is 0 Å². The zero-order chi connectivity index (χ0) is 18.5. The molecule has 0 aromatic carbocycles. The second kappa shape index (κ2) is 14.9. The van der Waals surface area contributed by atoms with Crippen LogP contribution in [0.1, 0.15) is 31.7 Å². The molecule has 0 atom stereocenters. The molecule has 1 aromatic rings. The molecule has 27 heavy (non-hydrogen) atoms. The summed E-state index contributed by atoms with van der Waals surface area (Å²) in [5.74, 6) is 2.07. The standard InChI is InChI=1S/C19H32N4O3.HI/c1-3-20-19(23-14-17-6-4-9-21-18(17)24-2)22-10-5-11-26-15-16-7-12-25-13-8-16;/h4,6,9,16H,3,5,7-8,10-15H2,1-2H3,(H2,20,22,23);1H. The largest absolute Gasteiger partial charge is 0.481 e. The smallest absolute Gasteiger partial charge is 0.218 e. The van der Waals surface area contributed by atoms with Gasteiger partial charge in [0.15, 0.2) is 5.96 Å². The quantitative estimate of drug-likeness (QED) is 0.226. The summed E-state index contributed by atoms with van der Waals surface area (Å²) in [6.07, 6.45) is 4.90. The first-order valence-electron chi connectivity index (χ1n) is 9.49. The van der Waals surface area contributed by atoms with Gasteiger partial charge in [-0.3, -0.25) is 0 Å². The lowest BCUT2D eigenvalue weighted by Gasteiger charge is -2.21. The summed E-state index contributed by atoms with van der Waals surface area (Å²) in [4.78, 5) is 8.80. The summed E-state index contributed by atoms with van der Waals surface area (Å²) < 4.78 is 16.4. The lowest BCUT2D eigenvalue weighted by Crippen LogP contribution is -2.38. The van der Waals surface area contributed by atoms with E-state index in [0.29, 0.717) is 18.3 Å². The van der Waals surface area contributed by atoms with Gasteiger partial charge in [-0.25, -0.2) is 9.98 Å². The van der Waals surface area contributed by atoms with Crippen LogP contribution in [0.25, 0.3) is 0 Å². The molecule has 1 aromatic heterocycles. The van der Waals surface area contributed by atoms with Gasteiger partial charge in [0.25, 0.3) is 0 Å². The van der Waals surface area contributed by atoms with Crippen LogP contribution in [-0.2, 0) is 16.0 Å². The van der Waals surface area contributed by atoms with E-state index in [0.717, 1.165) is 70.3 Å². The predicted molar refractivity (Wildman–Crippen MR) is 118 cm³/mol. The van der Waals surface area contributed by atoms with E-state index in [1.807, 2.05) is 12.1 Å². The van der Waals surface area contributed by atoms with Gasteiger partial charge in [0.05, 0.1) is 13.7 Å². The molecule has 0 aliphatic carbocycles. The Balaban J connectivity index is 0.00000364. The van der Waals surface area contributed by atoms with Crippen molar-refractivity contribution in [2.45, 2.75) is 32.7 Å². The van der Waals surface area contributed by atoms with E-state index in [-0.39, 0.29) is 24.0 Å². The SMILES string of the molecule is CCNC(=NCc1cccnc1OC)NCCCOCC1CCOCC1.I. The molecule has 0 bridgehead atoms. The van der Waals surface area contributed by atoms with Crippen LogP contribution in [0.3, 0.4) is 0 Å². The fourth-order valence-corrected chi connectivity index (χ4v) is 2.78. The summed E-state index contributed by atoms with van der Waals surface area (Å²) in [5.41, 5.74) is 0.965. The predicted octanol–water partition coefficient (Wildman–Crippen LogP) is 2.60. The molecule has 8 heteroatoms. The second-order valence-electron chi connectivity index (χ2n) is 6.28. The maximum absolute atomic E-state index is 5.79. The number of pyridine rings is 1. The Morgan fingerprint density at radius 2 is 2.15 bits per heavy atom. The molecule has 0 unspecified atom stereocenters. The molecule has 0 amide bonds. The first kappa shape index (κ1) is 23.9. The van der Waals surface area contributed by atoms with E-state index in [4.69, 9.17) is 14.2 Å². The van der Waals surface area contributed by atoms with Crippen molar-refractivity contribution in [1.29, 1.82) is 0 Å². The van der Waals surface area contributed by atoms with Crippen LogP contribution in [0, 0.1) is 5.92 Å². The number of aliphatic imine (C=N–C) groups is 1. The number of guanidine groups is 1. The van der Waals surface area contributed by atoms with E-state index in [1.54, 1.807) is 13.3 Å². The number of hydrogen-bond acceptors (Lipinski definition) is 5. The van der Waals surface area contributed by atoms with Crippen LogP contribution in [0.15, 0.2) is 23.3 Å². The Bertz CT molecular complexity index is 539. The molecule has 2 heterocycles. The highest BCUT2D eigenvalue weighted by Gasteiger charge is 2.13. The number of aromatic nitrogens is 1. The molecule has 1 fully saturated rings. The zero-order valence-electron chi connectivity index (χ0n) is 16.4. The van der Waals surface area contributed by atoms with Gasteiger partial charge in [0, 0.05) is 51.3 Å². The lowest BCUT2D eigenvalue weighted by atomic mass is 10.0. The van der Waals surface area contributed by atoms with Crippen LogP contribution in [0.2, 0.25) is 0 Å². The van der Waals surface area contributed by atoms with Crippen LogP contribution < -0.4 is 15.4 Å². The van der Waals surface area contributed by atoms with E-state index >= 15 is 0 Å². The second-order valence-corrected chi connectivity index (χ2v) is 6.28. The van der Waals surface area contributed by atoms with Crippen molar-refractivity contribution < 1.29 is 14.2 Å². The highest BCUT2D eigenvalue weighted by Crippen LogP contribution is 2.15. The molecular formula is C19H33IN4O3. The highest BCUT2D eigenvalue weighted by atomic mass is 127. The van der Waals surface area contributed by atoms with Gasteiger partial charge in [-0.05, 0) is 38.2 Å². The topological polar surface area (TPSA) is 77.0 Å². The van der Waals surface area contributed by atoms with Crippen molar-refractivity contribution in [3.05, 3.63) is 23.9 Å². The Morgan fingerprint density at radius 3 is 2.89 bits per heavy atom. The number of rotatable bonds is 10. The Morgan fingerprint density at radius 1 is 1.33 bits per heavy atom. The Hall–Kier alpha value is -1.13. The van der Waals surface area contributed by atoms with Crippen molar-refractivity contribution in [3.8, 4) is 5.88 Å². The molecule has 154 valence electrons. The molecule has 2 N–H and O–H groups in total. The molecule has 0 saturated carbocycles. The van der Waals surface area contributed by atoms with Gasteiger partial charge in [-0.1, -0.05) is 6.07 Å². The molecule has 1 aliphatic rings. The maximum Gasteiger partial charge on any atom is 0.218 e. The maximum atomic E-state index is 5.79. The van der Waals surface area contributed by atoms with Gasteiger partial charge in [0.2, 0.25) is 5.88 Å². The molecule has 7 nitrogen and oxygen atoms in total. The van der Waals surface area contributed by atoms with Crippen molar-refractivity contribution in [2.24, 2.45) is 10.9 Å². The van der Waals surface area contributed by atoms with Gasteiger partial charge in [0.1, 0.15) is 0 Å². The summed E-state index contributed by atoms with van der Waals surface area (Å²) in [6.45, 7) is 7.57. The third-order valence-corrected chi connectivity index (χ3v) is 4.25. The number of halogens is 1. The monoisotopic (exact) mass is 492 g/mol. The van der Waals surface area contributed by atoms with Crippen molar-refractivity contribution in [2.75, 3.05) is 46.6 Å². The van der Waals surface area contributed by atoms with Crippen LogP contribution in [0.5, 0.6) is 5.88 Å². The first-order chi connectivity index (χ1) is 12.8. The average Bonchev–Trinajstić information content (AvgIpc) is 2.69. The number of nitrogens with zero attached hydrogens (tertiary/aromatic N) is 2. The highest BCUT2D eigenvalue weighted by molar-refractivity contribution is 14.0. The summed E-state index contributed by atoms with van der Waals surface area (Å²) >= 11 is 0. The van der Waals surface area contributed by atoms with E-state index in [1.165, 1.54) is 0 Å². The summed E-state index contributed by atoms with van der Waals surface area (Å²) in [6, 6.07) is 3.87. The number of ether oxygens (including phenoxy) is 3. The van der Waals surface area contributed by atoms with Crippen molar-refractivity contribution in [1.82, 2.24) is 15.6 Å². The Kier molecular flexibility index (Phi) is 13.2. The van der Waals surface area contributed by atoms with Crippen LogP contribution in [0.4, 0.5) is 0 Å². The number of methoxy groups -OCH3 is 1. The normalized spacial score (nSPS) is 15.1. The van der Waals surface area contributed by atoms with Crippen molar-refractivity contribution >= 4 is 29.9 Å². The minimum absolute atomic E-state index is 0. The summed E-state index contributed by atoms with van der Waals surface area (Å²) in [7, 11) is 1.62. The van der Waals surface area contributed by atoms with Gasteiger partial charge >= 0.3 is 0 Å². The number of nitrogens with one attached hydrogen (secondary N) is 2. The molecule has 0 spiro atoms. The molecule has 1 aliphatic heterocycles. The third-order valence-electron chi connectivity index (χ3n) is 4.25. The third kappa shape index (κ3) is 9.57. The fraction of sp³-hybridized carbons (Fsp3) is 0.684. The van der Waals surface area contributed by atoms with Crippen LogP contribution >= 0.6 is 24.0 Å². The summed E-state index contributed by atoms with van der Waals surface area (Å²) in [5, 5.41) is 6.60. The van der Waals surface area contributed by atoms with E-state index in [9.17, 15) is 0 Å². The Labute approximate surface area is 179 Å². The number of hydrogen-bond donors (Lipinski definition) is 2. The van der Waals surface area contributed by atoms with Gasteiger partial charge in [-0.15, -0.1) is 24.0 Å². The molecular weight excluding hydrogens is 459 g/mol. The van der Waals surface area contributed by atoms with Crippen LogP contribution in [-0.4, -0.2) is 57.6 Å². The lowest BCUT2D eigenvalue weighted by molar-refractivity contribution is 0.0203. The van der Waals surface area contributed by atoms with Gasteiger partial charge in [-0.2, -0.15) is 0 Å². The average molecular weight is 492 g/mol. The zero-order valence-corrected chi connectivity index (χ0v) is 18.7. The minimum atomic E-state index is 0. The molecule has 0 radical (unpaired) electrons. The minimum Gasteiger partial charge on any atom is -0.481 e. The van der Waals surface area contributed by atoms with E-state index < -0.39 is 0 Å². The van der Waals surface area contributed by atoms with E-state index in [2.05, 4.69) is 27.5 Å². The fourth-order valence-electron chi connectivity index (χ4n) is 2.78.